The van der Waals surface area contributed by atoms with Crippen LogP contribution in [0.3, 0.4) is 0 Å². The molecule has 4 rings (SSSR count). The van der Waals surface area contributed by atoms with Crippen molar-refractivity contribution in [3.63, 3.8) is 0 Å². The van der Waals surface area contributed by atoms with Crippen LogP contribution in [0.15, 0.2) is 71.7 Å². The van der Waals surface area contributed by atoms with E-state index in [-0.39, 0.29) is 11.7 Å². The highest BCUT2D eigenvalue weighted by Crippen LogP contribution is 2.27. The molecule has 0 heterocycles. The highest BCUT2D eigenvalue weighted by atomic mass is 19.1. The Morgan fingerprint density at radius 3 is 2.52 bits per heavy atom. The van der Waals surface area contributed by atoms with Crippen LogP contribution in [-0.4, -0.2) is 18.2 Å². The highest BCUT2D eigenvalue weighted by molar-refractivity contribution is 6.01. The lowest BCUT2D eigenvalue weighted by atomic mass is 9.99. The summed E-state index contributed by atoms with van der Waals surface area (Å²) in [6, 6.07) is 21.5. The van der Waals surface area contributed by atoms with Crippen molar-refractivity contribution in [3.8, 4) is 11.1 Å². The molecule has 0 amide bonds. The van der Waals surface area contributed by atoms with Crippen molar-refractivity contribution in [3.05, 3.63) is 94.8 Å². The van der Waals surface area contributed by atoms with Crippen LogP contribution in [0.25, 0.3) is 11.1 Å². The predicted molar refractivity (Wildman–Crippen MR) is 116 cm³/mol. The molecule has 0 spiro atoms. The molecule has 4 nitrogen and oxygen atoms in total. The molecule has 0 saturated heterocycles. The maximum Gasteiger partial charge on any atom is 0.135 e. The molecular weight excluding hydrogens is 363 g/mol. The number of hydrogen-bond donors (Lipinski definition) is 3. The second kappa shape index (κ2) is 8.37. The minimum absolute atomic E-state index is 0.227. The van der Waals surface area contributed by atoms with Gasteiger partial charge in [-0.1, -0.05) is 60.7 Å². The molecule has 0 unspecified atom stereocenters. The first-order chi connectivity index (χ1) is 14.2. The van der Waals surface area contributed by atoms with Gasteiger partial charge in [0.15, 0.2) is 0 Å². The number of fused-ring (bicyclic) bond motifs is 1. The monoisotopic (exact) mass is 386 g/mol. The smallest absolute Gasteiger partial charge is 0.135 e. The summed E-state index contributed by atoms with van der Waals surface area (Å²) in [5.74, 6) is 0.0103. The molecule has 0 radical (unpaired) electrons. The summed E-state index contributed by atoms with van der Waals surface area (Å²) >= 11 is 0. The number of aliphatic imine (C=N–C) groups is 1. The van der Waals surface area contributed by atoms with Crippen LogP contribution in [0.1, 0.15) is 22.3 Å². The van der Waals surface area contributed by atoms with Crippen LogP contribution in [0.4, 0.5) is 4.39 Å². The fourth-order valence-corrected chi connectivity index (χ4v) is 3.89. The average Bonchev–Trinajstić information content (AvgIpc) is 3.16. The lowest BCUT2D eigenvalue weighted by Crippen LogP contribution is -2.29. The Labute approximate surface area is 169 Å². The van der Waals surface area contributed by atoms with Crippen molar-refractivity contribution in [2.24, 2.45) is 10.7 Å². The van der Waals surface area contributed by atoms with Crippen molar-refractivity contribution >= 4 is 12.2 Å². The van der Waals surface area contributed by atoms with Gasteiger partial charge in [-0.3, -0.25) is 5.41 Å². The van der Waals surface area contributed by atoms with Gasteiger partial charge < -0.3 is 11.1 Å². The second-order valence-corrected chi connectivity index (χ2v) is 7.26. The molecule has 1 aliphatic rings. The Bertz CT molecular complexity index is 1050. The lowest BCUT2D eigenvalue weighted by Gasteiger charge is -2.14. The molecular formula is C24H23FN4. The van der Waals surface area contributed by atoms with Gasteiger partial charge in [-0.2, -0.15) is 0 Å². The molecule has 4 N–H and O–H groups in total. The first-order valence-electron chi connectivity index (χ1n) is 9.66. The number of nitrogens with two attached hydrogens (primary N) is 1. The van der Waals surface area contributed by atoms with Crippen LogP contribution in [0.2, 0.25) is 0 Å². The fraction of sp³-hybridized carbons (Fsp3) is 0.167. The first kappa shape index (κ1) is 19.0. The van der Waals surface area contributed by atoms with E-state index in [1.54, 1.807) is 18.2 Å². The van der Waals surface area contributed by atoms with Gasteiger partial charge in [0.2, 0.25) is 0 Å². The summed E-state index contributed by atoms with van der Waals surface area (Å²) in [6.45, 7) is 0.482. The number of nitrogens with zero attached hydrogens (tertiary/aromatic N) is 1. The average molecular weight is 386 g/mol. The van der Waals surface area contributed by atoms with E-state index in [2.05, 4.69) is 34.6 Å². The maximum atomic E-state index is 15.2. The first-order valence-corrected chi connectivity index (χ1v) is 9.66. The zero-order valence-electron chi connectivity index (χ0n) is 16.0. The molecule has 146 valence electrons. The Morgan fingerprint density at radius 1 is 1.07 bits per heavy atom. The van der Waals surface area contributed by atoms with E-state index in [0.717, 1.165) is 24.7 Å². The highest BCUT2D eigenvalue weighted by Gasteiger charge is 2.21. The predicted octanol–water partition coefficient (Wildman–Crippen LogP) is 4.06. The zero-order chi connectivity index (χ0) is 20.2. The molecule has 1 aliphatic carbocycles. The molecule has 29 heavy (non-hydrogen) atoms. The number of hydrogen-bond acceptors (Lipinski definition) is 2. The van der Waals surface area contributed by atoms with Gasteiger partial charge in [0.1, 0.15) is 18.0 Å². The van der Waals surface area contributed by atoms with Gasteiger partial charge in [-0.15, -0.1) is 0 Å². The summed E-state index contributed by atoms with van der Waals surface area (Å²) in [7, 11) is 0. The summed E-state index contributed by atoms with van der Waals surface area (Å²) in [4.78, 5) is 3.79. The van der Waals surface area contributed by atoms with Crippen molar-refractivity contribution in [1.29, 1.82) is 5.41 Å². The van der Waals surface area contributed by atoms with Crippen molar-refractivity contribution < 1.29 is 4.39 Å². The topological polar surface area (TPSA) is 74.3 Å². The largest absolute Gasteiger partial charge is 0.383 e. The van der Waals surface area contributed by atoms with E-state index >= 15 is 4.39 Å². The number of benzene rings is 3. The standard InChI is InChI=1S/C24H23FN4/c25-23-20(14-28-21-12-16-5-1-2-6-17(16)13-21)9-4-10-22(23)18-7-3-8-19(11-18)24(27)29-15-26/h1-11,15,21,28H,12-14H2,(H3,26,27,29). The van der Waals surface area contributed by atoms with Crippen molar-refractivity contribution in [2.45, 2.75) is 25.4 Å². The SMILES string of the molecule is N=CN=C(N)c1cccc(-c2cccc(CNC3Cc4ccccc4C3)c2F)c1. The maximum absolute atomic E-state index is 15.2. The lowest BCUT2D eigenvalue weighted by molar-refractivity contribution is 0.516. The van der Waals surface area contributed by atoms with Crippen LogP contribution in [0.5, 0.6) is 0 Å². The molecule has 3 aromatic carbocycles. The van der Waals surface area contributed by atoms with Crippen LogP contribution >= 0.6 is 0 Å². The van der Waals surface area contributed by atoms with Gasteiger partial charge in [0.25, 0.3) is 0 Å². The molecule has 0 bridgehead atoms. The zero-order valence-corrected chi connectivity index (χ0v) is 16.0. The number of nitrogens with one attached hydrogen (secondary N) is 2. The fourth-order valence-electron chi connectivity index (χ4n) is 3.89. The third-order valence-corrected chi connectivity index (χ3v) is 5.38. The molecule has 3 aromatic rings. The van der Waals surface area contributed by atoms with E-state index in [1.165, 1.54) is 11.1 Å². The number of amidine groups is 1. The molecule has 0 aliphatic heterocycles. The number of halogens is 1. The van der Waals surface area contributed by atoms with Crippen LogP contribution in [0, 0.1) is 11.2 Å². The Hall–Kier alpha value is -3.31. The quantitative estimate of drug-likeness (QED) is 0.441. The molecule has 0 fully saturated rings. The van der Waals surface area contributed by atoms with Gasteiger partial charge >= 0.3 is 0 Å². The molecule has 0 atom stereocenters. The van der Waals surface area contributed by atoms with Crippen molar-refractivity contribution in [2.75, 3.05) is 0 Å². The van der Waals surface area contributed by atoms with Gasteiger partial charge in [-0.25, -0.2) is 9.38 Å². The Morgan fingerprint density at radius 2 is 1.79 bits per heavy atom. The molecule has 0 saturated carbocycles. The van der Waals surface area contributed by atoms with Crippen molar-refractivity contribution in [1.82, 2.24) is 5.32 Å². The second-order valence-electron chi connectivity index (χ2n) is 7.26. The third kappa shape index (κ3) is 4.10. The summed E-state index contributed by atoms with van der Waals surface area (Å²) < 4.78 is 15.2. The van der Waals surface area contributed by atoms with E-state index in [9.17, 15) is 0 Å². The summed E-state index contributed by atoms with van der Waals surface area (Å²) in [5.41, 5.74) is 11.2. The van der Waals surface area contributed by atoms with Crippen LogP contribution in [-0.2, 0) is 19.4 Å². The minimum Gasteiger partial charge on any atom is -0.383 e. The Balaban J connectivity index is 1.52. The van der Waals surface area contributed by atoms with Gasteiger partial charge in [0, 0.05) is 29.3 Å². The van der Waals surface area contributed by atoms with Gasteiger partial charge in [0.05, 0.1) is 0 Å². The van der Waals surface area contributed by atoms with E-state index in [0.29, 0.717) is 29.3 Å². The molecule has 0 aromatic heterocycles. The van der Waals surface area contributed by atoms with Gasteiger partial charge in [-0.05, 0) is 35.6 Å². The normalized spacial score (nSPS) is 14.0. The Kier molecular flexibility index (Phi) is 5.49. The van der Waals surface area contributed by atoms with E-state index in [1.807, 2.05) is 24.3 Å². The minimum atomic E-state index is -0.227. The molecule has 5 heteroatoms. The third-order valence-electron chi connectivity index (χ3n) is 5.38. The van der Waals surface area contributed by atoms with Crippen LogP contribution < -0.4 is 11.1 Å². The van der Waals surface area contributed by atoms with E-state index < -0.39 is 0 Å². The number of rotatable bonds is 6. The summed E-state index contributed by atoms with van der Waals surface area (Å²) in [5, 5.41) is 10.6. The summed E-state index contributed by atoms with van der Waals surface area (Å²) in [6.07, 6.45) is 2.85. The van der Waals surface area contributed by atoms with E-state index in [4.69, 9.17) is 11.1 Å².